The Hall–Kier alpha value is -1.13. The number of rotatable bonds is 4. The van der Waals surface area contributed by atoms with Crippen molar-refractivity contribution in [3.63, 3.8) is 0 Å². The highest BCUT2D eigenvalue weighted by molar-refractivity contribution is 6.33. The van der Waals surface area contributed by atoms with Crippen molar-refractivity contribution < 1.29 is 4.79 Å². The molecule has 0 aliphatic carbocycles. The number of hydrogen-bond donors (Lipinski definition) is 2. The maximum atomic E-state index is 11.6. The van der Waals surface area contributed by atoms with Gasteiger partial charge in [-0.15, -0.1) is 0 Å². The van der Waals surface area contributed by atoms with Crippen LogP contribution in [0.4, 0.5) is 5.82 Å². The van der Waals surface area contributed by atoms with Gasteiger partial charge < -0.3 is 11.1 Å². The van der Waals surface area contributed by atoms with Gasteiger partial charge in [0.25, 0.3) is 0 Å². The zero-order chi connectivity index (χ0) is 11.3. The Kier molecular flexibility index (Phi) is 4.52. The summed E-state index contributed by atoms with van der Waals surface area (Å²) in [5.74, 6) is 0.0553. The maximum Gasteiger partial charge on any atom is 0.229 e. The van der Waals surface area contributed by atoms with E-state index in [1.54, 1.807) is 18.3 Å². The first-order chi connectivity index (χ1) is 7.19. The molecule has 82 valence electrons. The SMILES string of the molecule is CCC(CN)C(=O)Nc1ncccc1Cl. The molecule has 0 bridgehead atoms. The van der Waals surface area contributed by atoms with E-state index >= 15 is 0 Å². The zero-order valence-corrected chi connectivity index (χ0v) is 9.29. The lowest BCUT2D eigenvalue weighted by Crippen LogP contribution is -2.29. The summed E-state index contributed by atoms with van der Waals surface area (Å²) in [5.41, 5.74) is 5.46. The predicted molar refractivity (Wildman–Crippen MR) is 60.7 cm³/mol. The fraction of sp³-hybridized carbons (Fsp3) is 0.400. The predicted octanol–water partition coefficient (Wildman–Crippen LogP) is 1.66. The molecule has 5 heteroatoms. The van der Waals surface area contributed by atoms with Gasteiger partial charge in [0, 0.05) is 12.7 Å². The summed E-state index contributed by atoms with van der Waals surface area (Å²) < 4.78 is 0. The van der Waals surface area contributed by atoms with Gasteiger partial charge in [-0.3, -0.25) is 4.79 Å². The van der Waals surface area contributed by atoms with Gasteiger partial charge in [-0.05, 0) is 18.6 Å². The molecule has 0 saturated heterocycles. The van der Waals surface area contributed by atoms with E-state index in [1.807, 2.05) is 6.92 Å². The molecule has 1 unspecified atom stereocenters. The third kappa shape index (κ3) is 3.18. The molecule has 1 heterocycles. The zero-order valence-electron chi connectivity index (χ0n) is 8.53. The molecule has 0 aliphatic rings. The first-order valence-electron chi connectivity index (χ1n) is 4.80. The average Bonchev–Trinajstić information content (AvgIpc) is 2.23. The van der Waals surface area contributed by atoms with Crippen LogP contribution in [-0.2, 0) is 4.79 Å². The van der Waals surface area contributed by atoms with Gasteiger partial charge >= 0.3 is 0 Å². The van der Waals surface area contributed by atoms with Gasteiger partial charge in [0.05, 0.1) is 10.9 Å². The first kappa shape index (κ1) is 11.9. The number of carbonyl (C=O) groups excluding carboxylic acids is 1. The quantitative estimate of drug-likeness (QED) is 0.822. The van der Waals surface area contributed by atoms with Crippen LogP contribution in [0.5, 0.6) is 0 Å². The van der Waals surface area contributed by atoms with Gasteiger partial charge in [-0.2, -0.15) is 0 Å². The van der Waals surface area contributed by atoms with E-state index < -0.39 is 0 Å². The summed E-state index contributed by atoms with van der Waals surface area (Å²) in [5, 5.41) is 3.08. The van der Waals surface area contributed by atoms with Gasteiger partial charge in [0.1, 0.15) is 0 Å². The largest absolute Gasteiger partial charge is 0.330 e. The fourth-order valence-corrected chi connectivity index (χ4v) is 1.32. The van der Waals surface area contributed by atoms with Crippen LogP contribution >= 0.6 is 11.6 Å². The third-order valence-corrected chi connectivity index (χ3v) is 2.45. The molecule has 1 amide bonds. The van der Waals surface area contributed by atoms with Crippen molar-refractivity contribution in [2.75, 3.05) is 11.9 Å². The number of nitrogens with zero attached hydrogens (tertiary/aromatic N) is 1. The van der Waals surface area contributed by atoms with Crippen molar-refractivity contribution in [2.45, 2.75) is 13.3 Å². The number of amides is 1. The van der Waals surface area contributed by atoms with Crippen LogP contribution in [0.25, 0.3) is 0 Å². The highest BCUT2D eigenvalue weighted by Gasteiger charge is 2.15. The van der Waals surface area contributed by atoms with Gasteiger partial charge in [-0.1, -0.05) is 18.5 Å². The van der Waals surface area contributed by atoms with Gasteiger partial charge in [0.2, 0.25) is 5.91 Å². The molecular formula is C10H14ClN3O. The van der Waals surface area contributed by atoms with Crippen LogP contribution in [0.3, 0.4) is 0 Å². The molecule has 1 aromatic rings. The molecule has 0 fully saturated rings. The minimum absolute atomic E-state index is 0.138. The molecule has 0 aliphatic heterocycles. The highest BCUT2D eigenvalue weighted by Crippen LogP contribution is 2.18. The molecular weight excluding hydrogens is 214 g/mol. The lowest BCUT2D eigenvalue weighted by molar-refractivity contribution is -0.119. The summed E-state index contributed by atoms with van der Waals surface area (Å²) in [6.07, 6.45) is 2.28. The van der Waals surface area contributed by atoms with E-state index in [-0.39, 0.29) is 11.8 Å². The van der Waals surface area contributed by atoms with Gasteiger partial charge in [-0.25, -0.2) is 4.98 Å². The standard InChI is InChI=1S/C10H14ClN3O/c1-2-7(6-12)10(15)14-9-8(11)4-3-5-13-9/h3-5,7H,2,6,12H2,1H3,(H,13,14,15). The number of nitrogens with two attached hydrogens (primary N) is 1. The second kappa shape index (κ2) is 5.68. The Balaban J connectivity index is 2.70. The molecule has 0 saturated carbocycles. The minimum Gasteiger partial charge on any atom is -0.330 e. The molecule has 4 nitrogen and oxygen atoms in total. The maximum absolute atomic E-state index is 11.6. The van der Waals surface area contributed by atoms with E-state index in [9.17, 15) is 4.79 Å². The number of halogens is 1. The monoisotopic (exact) mass is 227 g/mol. The molecule has 1 rings (SSSR count). The van der Waals surface area contributed by atoms with Gasteiger partial charge in [0.15, 0.2) is 5.82 Å². The molecule has 3 N–H and O–H groups in total. The Morgan fingerprint density at radius 3 is 3.00 bits per heavy atom. The lowest BCUT2D eigenvalue weighted by Gasteiger charge is -2.12. The van der Waals surface area contributed by atoms with E-state index in [1.165, 1.54) is 0 Å². The van der Waals surface area contributed by atoms with E-state index in [0.717, 1.165) is 0 Å². The van der Waals surface area contributed by atoms with Crippen molar-refractivity contribution in [1.82, 2.24) is 4.98 Å². The van der Waals surface area contributed by atoms with E-state index in [0.29, 0.717) is 23.8 Å². The molecule has 0 spiro atoms. The number of carbonyl (C=O) groups is 1. The van der Waals surface area contributed by atoms with Crippen LogP contribution in [0, 0.1) is 5.92 Å². The summed E-state index contributed by atoms with van der Waals surface area (Å²) >= 11 is 5.85. The van der Waals surface area contributed by atoms with Crippen LogP contribution in [0.15, 0.2) is 18.3 Å². The minimum atomic E-state index is -0.192. The van der Waals surface area contributed by atoms with Crippen molar-refractivity contribution in [2.24, 2.45) is 11.7 Å². The summed E-state index contributed by atoms with van der Waals surface area (Å²) in [7, 11) is 0. The molecule has 1 atom stereocenters. The number of pyridine rings is 1. The summed E-state index contributed by atoms with van der Waals surface area (Å²) in [4.78, 5) is 15.6. The Labute approximate surface area is 93.8 Å². The van der Waals surface area contributed by atoms with Crippen LogP contribution in [0.1, 0.15) is 13.3 Å². The number of nitrogens with one attached hydrogen (secondary N) is 1. The van der Waals surface area contributed by atoms with Crippen molar-refractivity contribution in [1.29, 1.82) is 0 Å². The van der Waals surface area contributed by atoms with Crippen molar-refractivity contribution in [3.8, 4) is 0 Å². The third-order valence-electron chi connectivity index (χ3n) is 2.15. The van der Waals surface area contributed by atoms with Crippen molar-refractivity contribution in [3.05, 3.63) is 23.4 Å². The normalized spacial score (nSPS) is 12.2. The van der Waals surface area contributed by atoms with Crippen molar-refractivity contribution >= 4 is 23.3 Å². The number of anilines is 1. The Bertz CT molecular complexity index is 339. The number of hydrogen-bond acceptors (Lipinski definition) is 3. The summed E-state index contributed by atoms with van der Waals surface area (Å²) in [6, 6.07) is 3.38. The molecule has 15 heavy (non-hydrogen) atoms. The number of aromatic nitrogens is 1. The topological polar surface area (TPSA) is 68.0 Å². The lowest BCUT2D eigenvalue weighted by atomic mass is 10.1. The summed E-state index contributed by atoms with van der Waals surface area (Å²) in [6.45, 7) is 2.24. The van der Waals surface area contributed by atoms with E-state index in [4.69, 9.17) is 17.3 Å². The van der Waals surface area contributed by atoms with Crippen LogP contribution < -0.4 is 11.1 Å². The average molecular weight is 228 g/mol. The fourth-order valence-electron chi connectivity index (χ4n) is 1.16. The molecule has 0 radical (unpaired) electrons. The first-order valence-corrected chi connectivity index (χ1v) is 5.18. The molecule has 0 aromatic carbocycles. The Morgan fingerprint density at radius 2 is 2.47 bits per heavy atom. The Morgan fingerprint density at radius 1 is 1.73 bits per heavy atom. The molecule has 1 aromatic heterocycles. The van der Waals surface area contributed by atoms with Crippen LogP contribution in [-0.4, -0.2) is 17.4 Å². The second-order valence-electron chi connectivity index (χ2n) is 3.16. The van der Waals surface area contributed by atoms with Crippen LogP contribution in [0.2, 0.25) is 5.02 Å². The second-order valence-corrected chi connectivity index (χ2v) is 3.57. The van der Waals surface area contributed by atoms with E-state index in [2.05, 4.69) is 10.3 Å². The smallest absolute Gasteiger partial charge is 0.229 e. The highest BCUT2D eigenvalue weighted by atomic mass is 35.5.